The molecule has 0 radical (unpaired) electrons. The number of halogens is 3. The van der Waals surface area contributed by atoms with Crippen LogP contribution in [0.15, 0.2) is 82.6 Å². The number of alkyl halides is 3. The summed E-state index contributed by atoms with van der Waals surface area (Å²) in [5.74, 6) is -2.23. The van der Waals surface area contributed by atoms with Crippen LogP contribution in [-0.4, -0.2) is 56.7 Å². The van der Waals surface area contributed by atoms with E-state index in [1.165, 1.54) is 0 Å². The lowest BCUT2D eigenvalue weighted by atomic mass is 9.89. The van der Waals surface area contributed by atoms with E-state index in [2.05, 4.69) is 15.0 Å². The van der Waals surface area contributed by atoms with Crippen molar-refractivity contribution in [2.24, 2.45) is 5.73 Å². The number of rotatable bonds is 9. The second-order valence-corrected chi connectivity index (χ2v) is 12.2. The standard InChI is InChI=1S/C29H31N5O4S.C2HF3O2/c1-38-23-7-5-19-6-8-24(16-22(19)15-23)39(36,37)34-26(14-18-3-2-4-20(13-18)28(30)31)25-10-12-33-29(35)27(25)21-9-11-32-17-21;3-2(4,5)1(6)7/h2-8,10,12-13,15-16,21,26,32,34H,9,11,14,17H2,1H3,(H3,30,31)(H,33,35);(H,6,7). The van der Waals surface area contributed by atoms with Gasteiger partial charge in [0.25, 0.3) is 5.56 Å². The third kappa shape index (κ3) is 8.29. The number of aliphatic carboxylic acids is 1. The van der Waals surface area contributed by atoms with E-state index in [9.17, 15) is 26.4 Å². The average Bonchev–Trinajstić information content (AvgIpc) is 3.54. The van der Waals surface area contributed by atoms with Crippen LogP contribution in [0.2, 0.25) is 0 Å². The Hall–Kier alpha value is -4.73. The Morgan fingerprint density at radius 2 is 1.85 bits per heavy atom. The van der Waals surface area contributed by atoms with Gasteiger partial charge in [-0.2, -0.15) is 13.2 Å². The number of fused-ring (bicyclic) bond motifs is 1. The van der Waals surface area contributed by atoms with Gasteiger partial charge in [0, 0.05) is 29.8 Å². The Balaban J connectivity index is 0.000000617. The zero-order valence-corrected chi connectivity index (χ0v) is 25.3. The number of hydrogen-bond donors (Lipinski definition) is 6. The van der Waals surface area contributed by atoms with Crippen LogP contribution in [0.4, 0.5) is 13.2 Å². The molecular formula is C31H32F3N5O6S. The van der Waals surface area contributed by atoms with E-state index in [0.29, 0.717) is 29.0 Å². The summed E-state index contributed by atoms with van der Waals surface area (Å²) in [6.07, 6.45) is -2.48. The monoisotopic (exact) mass is 659 g/mol. The highest BCUT2D eigenvalue weighted by atomic mass is 32.2. The van der Waals surface area contributed by atoms with Gasteiger partial charge in [0.15, 0.2) is 0 Å². The molecule has 0 aliphatic carbocycles. The van der Waals surface area contributed by atoms with Gasteiger partial charge in [-0.15, -0.1) is 0 Å². The molecule has 15 heteroatoms. The molecule has 5 rings (SSSR count). The molecule has 4 aromatic rings. The molecule has 1 fully saturated rings. The Bertz CT molecular complexity index is 1910. The molecule has 1 aliphatic rings. The predicted octanol–water partition coefficient (Wildman–Crippen LogP) is 3.79. The number of H-pyrrole nitrogens is 1. The number of aromatic amines is 1. The number of nitrogens with one attached hydrogen (secondary N) is 4. The lowest BCUT2D eigenvalue weighted by Crippen LogP contribution is -2.33. The van der Waals surface area contributed by atoms with Crippen molar-refractivity contribution in [3.05, 3.63) is 106 Å². The van der Waals surface area contributed by atoms with Crippen LogP contribution in [0, 0.1) is 5.41 Å². The highest BCUT2D eigenvalue weighted by Crippen LogP contribution is 2.31. The van der Waals surface area contributed by atoms with E-state index in [0.717, 1.165) is 29.3 Å². The summed E-state index contributed by atoms with van der Waals surface area (Å²) in [6, 6.07) is 18.6. The molecule has 1 saturated heterocycles. The number of hydrogen-bond acceptors (Lipinski definition) is 7. The molecule has 11 nitrogen and oxygen atoms in total. The maximum absolute atomic E-state index is 13.8. The number of carboxylic acid groups (broad SMARTS) is 1. The molecule has 2 atom stereocenters. The van der Waals surface area contributed by atoms with Gasteiger partial charge in [-0.3, -0.25) is 10.2 Å². The van der Waals surface area contributed by atoms with Crippen molar-refractivity contribution in [2.75, 3.05) is 20.2 Å². The zero-order chi connectivity index (χ0) is 33.6. The highest BCUT2D eigenvalue weighted by molar-refractivity contribution is 7.89. The van der Waals surface area contributed by atoms with Gasteiger partial charge in [-0.05, 0) is 77.7 Å². The number of ether oxygens (including phenoxy) is 1. The van der Waals surface area contributed by atoms with Crippen molar-refractivity contribution in [1.82, 2.24) is 15.0 Å². The number of benzene rings is 3. The van der Waals surface area contributed by atoms with Crippen LogP contribution in [-0.2, 0) is 21.2 Å². The first-order chi connectivity index (χ1) is 21.7. The topological polar surface area (TPSA) is 187 Å². The van der Waals surface area contributed by atoms with E-state index in [1.807, 2.05) is 18.2 Å². The van der Waals surface area contributed by atoms with Gasteiger partial charge in [0.2, 0.25) is 10.0 Å². The van der Waals surface area contributed by atoms with Gasteiger partial charge < -0.3 is 25.9 Å². The van der Waals surface area contributed by atoms with E-state index in [4.69, 9.17) is 25.8 Å². The quantitative estimate of drug-likeness (QED) is 0.116. The minimum atomic E-state index is -5.08. The normalized spacial score (nSPS) is 15.5. The molecule has 2 heterocycles. The third-order valence-electron chi connectivity index (χ3n) is 7.42. The molecule has 0 saturated carbocycles. The molecule has 3 aromatic carbocycles. The number of methoxy groups -OCH3 is 1. The maximum Gasteiger partial charge on any atom is 0.490 e. The van der Waals surface area contributed by atoms with Crippen LogP contribution in [0.5, 0.6) is 5.75 Å². The predicted molar refractivity (Wildman–Crippen MR) is 166 cm³/mol. The van der Waals surface area contributed by atoms with Crippen LogP contribution >= 0.6 is 0 Å². The molecule has 2 unspecified atom stereocenters. The van der Waals surface area contributed by atoms with Crippen molar-refractivity contribution in [3.63, 3.8) is 0 Å². The second-order valence-electron chi connectivity index (χ2n) is 10.5. The van der Waals surface area contributed by atoms with E-state index in [1.54, 1.807) is 61.8 Å². The van der Waals surface area contributed by atoms with Crippen LogP contribution in [0.3, 0.4) is 0 Å². The molecule has 1 aliphatic heterocycles. The summed E-state index contributed by atoms with van der Waals surface area (Å²) in [5.41, 5.74) is 8.03. The molecule has 7 N–H and O–H groups in total. The number of aromatic nitrogens is 1. The molecule has 0 bridgehead atoms. The summed E-state index contributed by atoms with van der Waals surface area (Å²) in [6.45, 7) is 1.43. The molecule has 46 heavy (non-hydrogen) atoms. The number of nitrogens with two attached hydrogens (primary N) is 1. The van der Waals surface area contributed by atoms with Gasteiger partial charge in [0.1, 0.15) is 11.6 Å². The lowest BCUT2D eigenvalue weighted by Gasteiger charge is -2.24. The summed E-state index contributed by atoms with van der Waals surface area (Å²) >= 11 is 0. The van der Waals surface area contributed by atoms with Crippen LogP contribution in [0.1, 0.15) is 40.6 Å². The minimum absolute atomic E-state index is 0.0337. The van der Waals surface area contributed by atoms with Crippen molar-refractivity contribution in [2.45, 2.75) is 35.9 Å². The second kappa shape index (κ2) is 14.1. The first-order valence-corrected chi connectivity index (χ1v) is 15.4. The summed E-state index contributed by atoms with van der Waals surface area (Å²) < 4.78 is 67.5. The number of carbonyl (C=O) groups is 1. The summed E-state index contributed by atoms with van der Waals surface area (Å²) in [4.78, 5) is 24.8. The van der Waals surface area contributed by atoms with Crippen molar-refractivity contribution in [1.29, 1.82) is 5.41 Å². The Labute approximate surface area is 262 Å². The van der Waals surface area contributed by atoms with E-state index < -0.39 is 28.2 Å². The fourth-order valence-corrected chi connectivity index (χ4v) is 6.45. The lowest BCUT2D eigenvalue weighted by molar-refractivity contribution is -0.192. The Kier molecular flexibility index (Phi) is 10.5. The Morgan fingerprint density at radius 1 is 1.13 bits per heavy atom. The fourth-order valence-electron chi connectivity index (χ4n) is 5.20. The van der Waals surface area contributed by atoms with Crippen LogP contribution in [0.25, 0.3) is 10.8 Å². The SMILES string of the molecule is COc1ccc2ccc(S(=O)(=O)NC(Cc3cccc(C(=N)N)c3)c3cc[nH]c(=O)c3C3CCNC3)cc2c1.O=C(O)C(F)(F)F. The molecule has 0 amide bonds. The summed E-state index contributed by atoms with van der Waals surface area (Å²) in [7, 11) is -2.44. The number of carboxylic acids is 1. The zero-order valence-electron chi connectivity index (χ0n) is 24.5. The highest BCUT2D eigenvalue weighted by Gasteiger charge is 2.38. The molecule has 0 spiro atoms. The van der Waals surface area contributed by atoms with Gasteiger partial charge in [-0.25, -0.2) is 17.9 Å². The number of pyridine rings is 1. The van der Waals surface area contributed by atoms with Crippen LogP contribution < -0.4 is 26.1 Å². The van der Waals surface area contributed by atoms with E-state index >= 15 is 0 Å². The van der Waals surface area contributed by atoms with Gasteiger partial charge >= 0.3 is 12.1 Å². The number of nitrogen functional groups attached to an aromatic ring is 1. The molecule has 1 aromatic heterocycles. The van der Waals surface area contributed by atoms with E-state index in [-0.39, 0.29) is 28.6 Å². The maximum atomic E-state index is 13.8. The first-order valence-electron chi connectivity index (χ1n) is 14.0. The largest absolute Gasteiger partial charge is 0.497 e. The number of sulfonamides is 1. The summed E-state index contributed by atoms with van der Waals surface area (Å²) in [5, 5.41) is 19.9. The average molecular weight is 660 g/mol. The first kappa shape index (κ1) is 34.1. The third-order valence-corrected chi connectivity index (χ3v) is 8.89. The minimum Gasteiger partial charge on any atom is -0.497 e. The van der Waals surface area contributed by atoms with Crippen molar-refractivity contribution in [3.8, 4) is 5.75 Å². The van der Waals surface area contributed by atoms with Gasteiger partial charge in [0.05, 0.1) is 18.0 Å². The molecular weight excluding hydrogens is 627 g/mol. The Morgan fingerprint density at radius 3 is 2.48 bits per heavy atom. The number of amidine groups is 1. The van der Waals surface area contributed by atoms with Gasteiger partial charge in [-0.1, -0.05) is 30.3 Å². The van der Waals surface area contributed by atoms with Crippen molar-refractivity contribution < 1.29 is 36.2 Å². The molecule has 244 valence electrons. The van der Waals surface area contributed by atoms with Crippen molar-refractivity contribution >= 4 is 32.6 Å². The fraction of sp³-hybridized carbons (Fsp3) is 0.258. The smallest absolute Gasteiger partial charge is 0.490 e.